The standard InChI is InChI=1S/C8H13F.C2H6/c1-4-5-6-8(9)7(2)3;1-2/h5-6H,4H2,1-3H3;1-2H3/b6-5-;. The molecule has 0 amide bonds. The molecule has 0 radical (unpaired) electrons. The molecule has 0 fully saturated rings. The van der Waals surface area contributed by atoms with Crippen molar-refractivity contribution in [3.8, 4) is 0 Å². The van der Waals surface area contributed by atoms with E-state index >= 15 is 0 Å². The quantitative estimate of drug-likeness (QED) is 0.527. The summed E-state index contributed by atoms with van der Waals surface area (Å²) in [5.41, 5.74) is 0.736. The van der Waals surface area contributed by atoms with Gasteiger partial charge < -0.3 is 0 Å². The number of halogens is 1. The lowest BCUT2D eigenvalue weighted by atomic mass is 10.3. The predicted octanol–water partition coefficient (Wildman–Crippen LogP) is 4.24. The van der Waals surface area contributed by atoms with Crippen LogP contribution in [-0.2, 0) is 0 Å². The van der Waals surface area contributed by atoms with Crippen molar-refractivity contribution in [3.63, 3.8) is 0 Å². The molecule has 0 aliphatic carbocycles. The normalized spacial score (nSPS) is 8.91. The summed E-state index contributed by atoms with van der Waals surface area (Å²) in [5, 5.41) is 0. The van der Waals surface area contributed by atoms with Gasteiger partial charge >= 0.3 is 0 Å². The van der Waals surface area contributed by atoms with Crippen molar-refractivity contribution in [2.75, 3.05) is 0 Å². The molecule has 1 heteroatoms. The van der Waals surface area contributed by atoms with Gasteiger partial charge in [0.2, 0.25) is 0 Å². The number of hydrogen-bond acceptors (Lipinski definition) is 0. The van der Waals surface area contributed by atoms with Gasteiger partial charge in [-0.15, -0.1) is 0 Å². The summed E-state index contributed by atoms with van der Waals surface area (Å²) in [6.07, 6.45) is 4.21. The molecule has 0 aliphatic rings. The van der Waals surface area contributed by atoms with Crippen LogP contribution < -0.4 is 0 Å². The molecule has 0 saturated heterocycles. The lowest BCUT2D eigenvalue weighted by Crippen LogP contribution is -1.69. The van der Waals surface area contributed by atoms with Crippen LogP contribution in [0.4, 0.5) is 4.39 Å². The molecule has 0 rings (SSSR count). The van der Waals surface area contributed by atoms with Crippen molar-refractivity contribution in [1.29, 1.82) is 0 Å². The van der Waals surface area contributed by atoms with E-state index in [4.69, 9.17) is 0 Å². The minimum Gasteiger partial charge on any atom is -0.207 e. The van der Waals surface area contributed by atoms with Gasteiger partial charge in [-0.2, -0.15) is 0 Å². The second-order valence-corrected chi connectivity index (χ2v) is 2.16. The lowest BCUT2D eigenvalue weighted by molar-refractivity contribution is 0.653. The zero-order chi connectivity index (χ0) is 9.28. The Morgan fingerprint density at radius 3 is 2.00 bits per heavy atom. The highest BCUT2D eigenvalue weighted by Crippen LogP contribution is 2.05. The molecule has 66 valence electrons. The summed E-state index contributed by atoms with van der Waals surface area (Å²) in [4.78, 5) is 0. The van der Waals surface area contributed by atoms with E-state index in [-0.39, 0.29) is 5.83 Å². The molecular weight excluding hydrogens is 139 g/mol. The lowest BCUT2D eigenvalue weighted by Gasteiger charge is -1.88. The Morgan fingerprint density at radius 2 is 1.73 bits per heavy atom. The number of hydrogen-bond donors (Lipinski definition) is 0. The van der Waals surface area contributed by atoms with Gasteiger partial charge in [0.05, 0.1) is 0 Å². The molecule has 0 spiro atoms. The van der Waals surface area contributed by atoms with Gasteiger partial charge in [-0.3, -0.25) is 0 Å². The Morgan fingerprint density at radius 1 is 1.27 bits per heavy atom. The van der Waals surface area contributed by atoms with Crippen LogP contribution in [0.2, 0.25) is 0 Å². The van der Waals surface area contributed by atoms with Crippen LogP contribution in [0.5, 0.6) is 0 Å². The van der Waals surface area contributed by atoms with Crippen LogP contribution in [0, 0.1) is 0 Å². The van der Waals surface area contributed by atoms with Crippen molar-refractivity contribution in [3.05, 3.63) is 23.6 Å². The molecule has 0 nitrogen and oxygen atoms in total. The van der Waals surface area contributed by atoms with E-state index in [0.717, 1.165) is 12.0 Å². The highest BCUT2D eigenvalue weighted by molar-refractivity contribution is 5.15. The monoisotopic (exact) mass is 158 g/mol. The fourth-order valence-electron chi connectivity index (χ4n) is 0.388. The van der Waals surface area contributed by atoms with Gasteiger partial charge in [-0.25, -0.2) is 4.39 Å². The maximum absolute atomic E-state index is 12.5. The third kappa shape index (κ3) is 9.41. The number of allylic oxidation sites excluding steroid dienone is 4. The zero-order valence-electron chi connectivity index (χ0n) is 8.24. The zero-order valence-corrected chi connectivity index (χ0v) is 8.24. The first-order valence-corrected chi connectivity index (χ1v) is 4.18. The Kier molecular flexibility index (Phi) is 11.1. The second-order valence-electron chi connectivity index (χ2n) is 2.16. The molecule has 11 heavy (non-hydrogen) atoms. The van der Waals surface area contributed by atoms with Crippen LogP contribution >= 0.6 is 0 Å². The summed E-state index contributed by atoms with van der Waals surface area (Å²) in [6, 6.07) is 0. The van der Waals surface area contributed by atoms with Crippen LogP contribution in [-0.4, -0.2) is 0 Å². The van der Waals surface area contributed by atoms with E-state index in [0.29, 0.717) is 0 Å². The predicted molar refractivity (Wildman–Crippen MR) is 50.3 cm³/mol. The first kappa shape index (κ1) is 13.0. The van der Waals surface area contributed by atoms with E-state index in [1.54, 1.807) is 13.8 Å². The SMILES string of the molecule is CC.CC/C=C\C(F)=C(C)C. The summed E-state index contributed by atoms with van der Waals surface area (Å²) in [7, 11) is 0. The molecule has 0 saturated carbocycles. The Hall–Kier alpha value is -0.590. The maximum Gasteiger partial charge on any atom is 0.121 e. The fourth-order valence-corrected chi connectivity index (χ4v) is 0.388. The summed E-state index contributed by atoms with van der Waals surface area (Å²) >= 11 is 0. The average Bonchev–Trinajstić information content (AvgIpc) is 2.03. The van der Waals surface area contributed by atoms with Crippen molar-refractivity contribution in [2.24, 2.45) is 0 Å². The highest BCUT2D eigenvalue weighted by atomic mass is 19.1. The van der Waals surface area contributed by atoms with Crippen molar-refractivity contribution in [1.82, 2.24) is 0 Å². The van der Waals surface area contributed by atoms with Gasteiger partial charge in [-0.05, 0) is 31.9 Å². The van der Waals surface area contributed by atoms with Gasteiger partial charge in [-0.1, -0.05) is 26.8 Å². The van der Waals surface area contributed by atoms with Gasteiger partial charge in [0.25, 0.3) is 0 Å². The van der Waals surface area contributed by atoms with Crippen LogP contribution in [0.3, 0.4) is 0 Å². The van der Waals surface area contributed by atoms with Gasteiger partial charge in [0.1, 0.15) is 5.83 Å². The maximum atomic E-state index is 12.5. The first-order valence-electron chi connectivity index (χ1n) is 4.18. The highest BCUT2D eigenvalue weighted by Gasteiger charge is 1.87. The van der Waals surface area contributed by atoms with Crippen molar-refractivity contribution in [2.45, 2.75) is 41.0 Å². The van der Waals surface area contributed by atoms with Crippen molar-refractivity contribution < 1.29 is 4.39 Å². The summed E-state index contributed by atoms with van der Waals surface area (Å²) in [6.45, 7) is 9.50. The van der Waals surface area contributed by atoms with E-state index in [2.05, 4.69) is 0 Å². The van der Waals surface area contributed by atoms with E-state index in [1.165, 1.54) is 6.08 Å². The molecule has 0 heterocycles. The number of rotatable bonds is 2. The Bertz CT molecular complexity index is 128. The van der Waals surface area contributed by atoms with Crippen LogP contribution in [0.1, 0.15) is 41.0 Å². The van der Waals surface area contributed by atoms with Gasteiger partial charge in [0.15, 0.2) is 0 Å². The van der Waals surface area contributed by atoms with Crippen molar-refractivity contribution >= 4 is 0 Å². The first-order chi connectivity index (χ1) is 5.18. The van der Waals surface area contributed by atoms with E-state index < -0.39 is 0 Å². The minimum absolute atomic E-state index is 0.114. The van der Waals surface area contributed by atoms with E-state index in [1.807, 2.05) is 26.8 Å². The smallest absolute Gasteiger partial charge is 0.121 e. The van der Waals surface area contributed by atoms with Crippen LogP contribution in [0.15, 0.2) is 23.6 Å². The van der Waals surface area contributed by atoms with E-state index in [9.17, 15) is 4.39 Å². The Balaban J connectivity index is 0. The molecule has 0 unspecified atom stereocenters. The summed E-state index contributed by atoms with van der Waals surface area (Å²) < 4.78 is 12.5. The molecule has 0 aromatic carbocycles. The third-order valence-corrected chi connectivity index (χ3v) is 0.978. The topological polar surface area (TPSA) is 0 Å². The molecule has 0 N–H and O–H groups in total. The van der Waals surface area contributed by atoms with Crippen LogP contribution in [0.25, 0.3) is 0 Å². The molecule has 0 aromatic rings. The minimum atomic E-state index is -0.114. The van der Waals surface area contributed by atoms with Gasteiger partial charge in [0, 0.05) is 0 Å². The fraction of sp³-hybridized carbons (Fsp3) is 0.600. The largest absolute Gasteiger partial charge is 0.207 e. The molecule has 0 bridgehead atoms. The molecule has 0 atom stereocenters. The molecule has 0 aromatic heterocycles. The Labute approximate surface area is 69.8 Å². The molecular formula is C10H19F. The third-order valence-electron chi connectivity index (χ3n) is 0.978. The second kappa shape index (κ2) is 9.41. The molecule has 0 aliphatic heterocycles. The average molecular weight is 158 g/mol. The summed E-state index contributed by atoms with van der Waals surface area (Å²) in [5.74, 6) is -0.114.